The number of nitrogens with zero attached hydrogens (tertiary/aromatic N) is 1. The van der Waals surface area contributed by atoms with Crippen LogP contribution in [0.15, 0.2) is 65.6 Å². The number of imide groups is 1. The molecule has 3 aromatic rings. The second-order valence-corrected chi connectivity index (χ2v) is 12.1. The van der Waals surface area contributed by atoms with Gasteiger partial charge in [0, 0.05) is 9.26 Å². The molecule has 0 saturated carbocycles. The molecule has 36 heavy (non-hydrogen) atoms. The number of hydrogen-bond acceptors (Lipinski definition) is 5. The summed E-state index contributed by atoms with van der Waals surface area (Å²) in [5.74, 6) is -0.905. The average Bonchev–Trinajstić information content (AvgIpc) is 3.07. The minimum Gasteiger partial charge on any atom is -0.487 e. The molecule has 3 aromatic carbocycles. The molecule has 184 valence electrons. The molecule has 0 bridgehead atoms. The SMILES string of the molecule is O=C(CN1C(=O)S/C(=C/c2cc(I)c(OCc3ccc(I)cc3)c(I)c2)C1=O)Nc1cccc(F)c1. The molecule has 1 N–H and O–H groups in total. The first-order valence-electron chi connectivity index (χ1n) is 10.4. The number of benzene rings is 3. The van der Waals surface area contributed by atoms with Crippen molar-refractivity contribution in [2.75, 3.05) is 11.9 Å². The van der Waals surface area contributed by atoms with Gasteiger partial charge < -0.3 is 10.1 Å². The summed E-state index contributed by atoms with van der Waals surface area (Å²) in [6.45, 7) is -0.0300. The summed E-state index contributed by atoms with van der Waals surface area (Å²) in [6.07, 6.45) is 1.63. The number of thioether (sulfide) groups is 1. The van der Waals surface area contributed by atoms with Gasteiger partial charge in [-0.15, -0.1) is 0 Å². The van der Waals surface area contributed by atoms with Crippen LogP contribution in [0.25, 0.3) is 6.08 Å². The molecule has 4 rings (SSSR count). The van der Waals surface area contributed by atoms with Crippen molar-refractivity contribution in [2.24, 2.45) is 0 Å². The molecular weight excluding hydrogens is 824 g/mol. The van der Waals surface area contributed by atoms with Crippen molar-refractivity contribution in [1.82, 2.24) is 4.90 Å². The first-order chi connectivity index (χ1) is 17.2. The van der Waals surface area contributed by atoms with Crippen LogP contribution in [0.4, 0.5) is 14.9 Å². The minimum absolute atomic E-state index is 0.220. The summed E-state index contributed by atoms with van der Waals surface area (Å²) in [6, 6.07) is 17.2. The zero-order valence-electron chi connectivity index (χ0n) is 18.3. The number of nitrogens with one attached hydrogen (secondary N) is 1. The molecule has 0 atom stereocenters. The highest BCUT2D eigenvalue weighted by atomic mass is 127. The van der Waals surface area contributed by atoms with Gasteiger partial charge in [0.2, 0.25) is 5.91 Å². The van der Waals surface area contributed by atoms with Crippen LogP contribution in [-0.2, 0) is 16.2 Å². The lowest BCUT2D eigenvalue weighted by Crippen LogP contribution is -2.36. The maximum absolute atomic E-state index is 13.3. The van der Waals surface area contributed by atoms with Crippen molar-refractivity contribution in [2.45, 2.75) is 6.61 Å². The summed E-state index contributed by atoms with van der Waals surface area (Å²) in [5, 5.41) is 1.95. The molecule has 0 aromatic heterocycles. The van der Waals surface area contributed by atoms with Gasteiger partial charge >= 0.3 is 0 Å². The lowest BCUT2D eigenvalue weighted by atomic mass is 10.2. The molecule has 3 amide bonds. The first-order valence-corrected chi connectivity index (χ1v) is 14.4. The monoisotopic (exact) mass is 840 g/mol. The first kappa shape index (κ1) is 27.3. The number of rotatable bonds is 7. The van der Waals surface area contributed by atoms with E-state index in [1.807, 2.05) is 36.4 Å². The van der Waals surface area contributed by atoms with Crippen LogP contribution >= 0.6 is 79.5 Å². The fourth-order valence-corrected chi connectivity index (χ4v) is 6.56. The van der Waals surface area contributed by atoms with Crippen molar-refractivity contribution in [1.29, 1.82) is 0 Å². The third kappa shape index (κ3) is 6.98. The van der Waals surface area contributed by atoms with Gasteiger partial charge in [0.15, 0.2) is 0 Å². The predicted molar refractivity (Wildman–Crippen MR) is 163 cm³/mol. The van der Waals surface area contributed by atoms with Crippen molar-refractivity contribution in [3.63, 3.8) is 0 Å². The van der Waals surface area contributed by atoms with Crippen LogP contribution in [0.5, 0.6) is 5.75 Å². The quantitative estimate of drug-likeness (QED) is 0.207. The van der Waals surface area contributed by atoms with Crippen LogP contribution < -0.4 is 10.1 Å². The molecule has 1 heterocycles. The van der Waals surface area contributed by atoms with E-state index in [0.29, 0.717) is 6.61 Å². The summed E-state index contributed by atoms with van der Waals surface area (Å²) >= 11 is 7.39. The van der Waals surface area contributed by atoms with E-state index in [2.05, 4.69) is 73.1 Å². The van der Waals surface area contributed by atoms with E-state index in [1.165, 1.54) is 18.2 Å². The van der Waals surface area contributed by atoms with Gasteiger partial charge in [-0.25, -0.2) is 4.39 Å². The van der Waals surface area contributed by atoms with Crippen molar-refractivity contribution >= 4 is 108 Å². The van der Waals surface area contributed by atoms with Gasteiger partial charge in [0.1, 0.15) is 24.7 Å². The van der Waals surface area contributed by atoms with E-state index in [-0.39, 0.29) is 10.6 Å². The Balaban J connectivity index is 1.43. The van der Waals surface area contributed by atoms with Gasteiger partial charge in [-0.05, 0) is 139 Å². The van der Waals surface area contributed by atoms with E-state index in [1.54, 1.807) is 6.08 Å². The summed E-state index contributed by atoms with van der Waals surface area (Å²) in [7, 11) is 0. The molecule has 6 nitrogen and oxygen atoms in total. The van der Waals surface area contributed by atoms with E-state index in [4.69, 9.17) is 4.74 Å². The number of carbonyl (C=O) groups is 3. The standard InChI is InChI=1S/C25H16FI3N2O4S/c26-16-2-1-3-18(11-16)30-22(32)12-31-24(33)21(36-25(31)34)10-15-8-19(28)23(20(29)9-15)35-13-14-4-6-17(27)7-5-14/h1-11H,12-13H2,(H,30,32)/b21-10+. The summed E-state index contributed by atoms with van der Waals surface area (Å²) < 4.78 is 22.2. The van der Waals surface area contributed by atoms with Gasteiger partial charge in [-0.3, -0.25) is 19.3 Å². The summed E-state index contributed by atoms with van der Waals surface area (Å²) in [4.78, 5) is 38.7. The van der Waals surface area contributed by atoms with Crippen LogP contribution in [0.1, 0.15) is 11.1 Å². The van der Waals surface area contributed by atoms with Gasteiger partial charge in [0.05, 0.1) is 12.0 Å². The Bertz CT molecular complexity index is 1360. The third-order valence-electron chi connectivity index (χ3n) is 4.90. The number of ether oxygens (including phenoxy) is 1. The molecule has 1 aliphatic rings. The second kappa shape index (κ2) is 12.2. The predicted octanol–water partition coefficient (Wildman–Crippen LogP) is 6.89. The molecule has 1 saturated heterocycles. The minimum atomic E-state index is -0.595. The molecule has 0 spiro atoms. The van der Waals surface area contributed by atoms with Crippen LogP contribution in [0.2, 0.25) is 0 Å². The smallest absolute Gasteiger partial charge is 0.294 e. The van der Waals surface area contributed by atoms with E-state index < -0.39 is 29.4 Å². The second-order valence-electron chi connectivity index (χ2n) is 7.56. The number of amides is 3. The molecule has 1 aliphatic heterocycles. The number of halogens is 4. The van der Waals surface area contributed by atoms with Gasteiger partial charge in [-0.1, -0.05) is 18.2 Å². The fourth-order valence-electron chi connectivity index (χ4n) is 3.23. The Labute approximate surface area is 251 Å². The third-order valence-corrected chi connectivity index (χ3v) is 8.13. The lowest BCUT2D eigenvalue weighted by molar-refractivity contribution is -0.127. The fraction of sp³-hybridized carbons (Fsp3) is 0.0800. The molecule has 0 unspecified atom stereocenters. The zero-order valence-corrected chi connectivity index (χ0v) is 25.6. The van der Waals surface area contributed by atoms with Crippen LogP contribution in [-0.4, -0.2) is 28.5 Å². The summed E-state index contributed by atoms with van der Waals surface area (Å²) in [5.41, 5.74) is 2.04. The molecule has 11 heteroatoms. The number of anilines is 1. The van der Waals surface area contributed by atoms with Crippen molar-refractivity contribution in [3.05, 3.63) is 93.2 Å². The highest BCUT2D eigenvalue weighted by molar-refractivity contribution is 14.1. The molecular formula is C25H16FI3N2O4S. The highest BCUT2D eigenvalue weighted by Crippen LogP contribution is 2.35. The van der Waals surface area contributed by atoms with E-state index in [0.717, 1.165) is 50.3 Å². The Morgan fingerprint density at radius 3 is 2.39 bits per heavy atom. The average molecular weight is 840 g/mol. The Morgan fingerprint density at radius 1 is 1.03 bits per heavy atom. The largest absolute Gasteiger partial charge is 0.487 e. The van der Waals surface area contributed by atoms with Crippen LogP contribution in [0.3, 0.4) is 0 Å². The van der Waals surface area contributed by atoms with E-state index >= 15 is 0 Å². The van der Waals surface area contributed by atoms with Crippen LogP contribution in [0, 0.1) is 16.5 Å². The highest BCUT2D eigenvalue weighted by Gasteiger charge is 2.36. The normalized spacial score (nSPS) is 14.4. The number of carbonyl (C=O) groups excluding carboxylic acids is 3. The maximum Gasteiger partial charge on any atom is 0.294 e. The Kier molecular flexibility index (Phi) is 9.27. The Hall–Kier alpha value is -1.72. The zero-order chi connectivity index (χ0) is 25.8. The number of hydrogen-bond donors (Lipinski definition) is 1. The Morgan fingerprint density at radius 2 is 1.72 bits per heavy atom. The van der Waals surface area contributed by atoms with Crippen molar-refractivity contribution in [3.8, 4) is 5.75 Å². The van der Waals surface area contributed by atoms with Crippen molar-refractivity contribution < 1.29 is 23.5 Å². The molecule has 0 radical (unpaired) electrons. The maximum atomic E-state index is 13.3. The van der Waals surface area contributed by atoms with E-state index in [9.17, 15) is 18.8 Å². The molecule has 1 fully saturated rings. The molecule has 0 aliphatic carbocycles. The topological polar surface area (TPSA) is 75.7 Å². The van der Waals surface area contributed by atoms with Gasteiger partial charge in [-0.2, -0.15) is 0 Å². The van der Waals surface area contributed by atoms with Gasteiger partial charge in [0.25, 0.3) is 11.1 Å². The lowest BCUT2D eigenvalue weighted by Gasteiger charge is -2.13.